The molecule has 2 aliphatic heterocycles. The van der Waals surface area contributed by atoms with Gasteiger partial charge in [-0.05, 0) is 27.2 Å². The van der Waals surface area contributed by atoms with Crippen molar-refractivity contribution in [3.05, 3.63) is 47.3 Å². The molecule has 1 atom stereocenters. The van der Waals surface area contributed by atoms with Crippen molar-refractivity contribution in [2.24, 2.45) is 0 Å². The molecule has 9 nitrogen and oxygen atoms in total. The van der Waals surface area contributed by atoms with Gasteiger partial charge in [-0.25, -0.2) is 23.5 Å². The summed E-state index contributed by atoms with van der Waals surface area (Å²) in [5.41, 5.74) is -1.88. The van der Waals surface area contributed by atoms with Gasteiger partial charge >= 0.3 is 12.3 Å². The normalized spacial score (nSPS) is 18.0. The number of likely N-dealkylation sites (tertiary alicyclic amines) is 1. The first-order chi connectivity index (χ1) is 19.5. The molecule has 14 heteroatoms. The minimum Gasteiger partial charge on any atom is -0.465 e. The summed E-state index contributed by atoms with van der Waals surface area (Å²) in [6.07, 6.45) is -7.86. The molecule has 228 valence electrons. The summed E-state index contributed by atoms with van der Waals surface area (Å²) in [6, 6.07) is 6.90. The zero-order valence-electron chi connectivity index (χ0n) is 23.4. The third-order valence-corrected chi connectivity index (χ3v) is 7.33. The van der Waals surface area contributed by atoms with Crippen LogP contribution in [0.2, 0.25) is 0 Å². The van der Waals surface area contributed by atoms with Gasteiger partial charge in [-0.1, -0.05) is 30.3 Å². The quantitative estimate of drug-likeness (QED) is 0.478. The zero-order valence-corrected chi connectivity index (χ0v) is 23.4. The number of nitrogens with zero attached hydrogens (tertiary/aromatic N) is 5. The Morgan fingerprint density at radius 2 is 1.76 bits per heavy atom. The van der Waals surface area contributed by atoms with Crippen LogP contribution in [0.3, 0.4) is 0 Å². The highest BCUT2D eigenvalue weighted by Crippen LogP contribution is 2.36. The predicted molar refractivity (Wildman–Crippen MR) is 140 cm³/mol. The Labute approximate surface area is 239 Å². The molecule has 3 heterocycles. The van der Waals surface area contributed by atoms with Gasteiger partial charge in [0.25, 0.3) is 5.92 Å². The zero-order chi connectivity index (χ0) is 31.0. The molecule has 0 saturated carbocycles. The number of carbonyl (C=O) groups is 3. The number of amides is 3. The highest BCUT2D eigenvalue weighted by molar-refractivity contribution is 5.80. The van der Waals surface area contributed by atoms with Crippen LogP contribution in [0.25, 0.3) is 11.4 Å². The summed E-state index contributed by atoms with van der Waals surface area (Å²) < 4.78 is 70.2. The lowest BCUT2D eigenvalue weighted by molar-refractivity contribution is -0.149. The van der Waals surface area contributed by atoms with E-state index in [1.54, 1.807) is 51.1 Å². The van der Waals surface area contributed by atoms with E-state index in [1.807, 2.05) is 0 Å². The second-order valence-electron chi connectivity index (χ2n) is 11.6. The molecule has 1 N–H and O–H groups in total. The number of carboxylic acid groups (broad SMARTS) is 1. The Balaban J connectivity index is 1.63. The van der Waals surface area contributed by atoms with Gasteiger partial charge in [-0.3, -0.25) is 14.5 Å². The number of halogens is 5. The number of piperidine rings is 1. The van der Waals surface area contributed by atoms with E-state index in [0.29, 0.717) is 5.56 Å². The van der Waals surface area contributed by atoms with Gasteiger partial charge in [0, 0.05) is 49.0 Å². The molecule has 0 bridgehead atoms. The van der Waals surface area contributed by atoms with Gasteiger partial charge in [0.15, 0.2) is 11.5 Å². The highest BCUT2D eigenvalue weighted by atomic mass is 19.4. The summed E-state index contributed by atoms with van der Waals surface area (Å²) >= 11 is 0. The molecular weight excluding hydrogens is 565 g/mol. The van der Waals surface area contributed by atoms with E-state index in [1.165, 1.54) is 4.90 Å². The van der Waals surface area contributed by atoms with E-state index < -0.39 is 79.6 Å². The summed E-state index contributed by atoms with van der Waals surface area (Å²) in [7, 11) is 0. The van der Waals surface area contributed by atoms with Crippen LogP contribution >= 0.6 is 0 Å². The minimum atomic E-state index is -4.76. The van der Waals surface area contributed by atoms with Crippen molar-refractivity contribution in [2.45, 2.75) is 76.7 Å². The standard InChI is InChI=1S/C28H32F5N5O4/c1-26(2,3)38(25(41)42)18(14-37-16-27(29,30)11-9-21(37)39)13-22(40)36-12-10-19-20(15-36)34-24(17-7-5-4-6-8-17)35-23(19)28(31,32)33/h4-8,18H,9-16H2,1-3H3,(H,41,42)/t18-/m0/s1. The largest absolute Gasteiger partial charge is 0.465 e. The molecule has 0 unspecified atom stereocenters. The monoisotopic (exact) mass is 597 g/mol. The molecule has 3 amide bonds. The molecule has 2 aromatic rings. The number of alkyl halides is 5. The van der Waals surface area contributed by atoms with Gasteiger partial charge in [0.1, 0.15) is 0 Å². The molecule has 1 aromatic carbocycles. The van der Waals surface area contributed by atoms with Crippen molar-refractivity contribution in [1.29, 1.82) is 0 Å². The third-order valence-electron chi connectivity index (χ3n) is 7.33. The van der Waals surface area contributed by atoms with Crippen molar-refractivity contribution in [3.8, 4) is 11.4 Å². The molecular formula is C28H32F5N5O4. The molecule has 4 rings (SSSR count). The fourth-order valence-corrected chi connectivity index (χ4v) is 5.47. The predicted octanol–water partition coefficient (Wildman–Crippen LogP) is 4.84. The molecule has 1 fully saturated rings. The average molecular weight is 598 g/mol. The molecule has 0 radical (unpaired) electrons. The number of hydrogen-bond donors (Lipinski definition) is 1. The van der Waals surface area contributed by atoms with E-state index >= 15 is 0 Å². The van der Waals surface area contributed by atoms with E-state index in [9.17, 15) is 41.4 Å². The van der Waals surface area contributed by atoms with Crippen LogP contribution in [0.5, 0.6) is 0 Å². The van der Waals surface area contributed by atoms with Crippen molar-refractivity contribution in [3.63, 3.8) is 0 Å². The molecule has 0 aliphatic carbocycles. The van der Waals surface area contributed by atoms with Crippen LogP contribution in [-0.4, -0.2) is 84.8 Å². The van der Waals surface area contributed by atoms with Gasteiger partial charge < -0.3 is 14.9 Å². The van der Waals surface area contributed by atoms with Crippen LogP contribution in [0.1, 0.15) is 57.0 Å². The van der Waals surface area contributed by atoms with E-state index in [-0.39, 0.29) is 36.6 Å². The van der Waals surface area contributed by atoms with E-state index in [4.69, 9.17) is 0 Å². The highest BCUT2D eigenvalue weighted by Gasteiger charge is 2.44. The number of hydrogen-bond acceptors (Lipinski definition) is 5. The third kappa shape index (κ3) is 6.96. The van der Waals surface area contributed by atoms with E-state index in [0.717, 1.165) is 9.80 Å². The van der Waals surface area contributed by atoms with Crippen molar-refractivity contribution < 1.29 is 41.4 Å². The van der Waals surface area contributed by atoms with Crippen molar-refractivity contribution in [2.75, 3.05) is 19.6 Å². The number of rotatable bonds is 6. The Morgan fingerprint density at radius 1 is 1.10 bits per heavy atom. The minimum absolute atomic E-state index is 0.0177. The van der Waals surface area contributed by atoms with E-state index in [2.05, 4.69) is 9.97 Å². The molecule has 1 saturated heterocycles. The van der Waals surface area contributed by atoms with Gasteiger partial charge in [0.05, 0.1) is 24.8 Å². The first-order valence-corrected chi connectivity index (χ1v) is 13.4. The fraction of sp³-hybridized carbons (Fsp3) is 0.536. The maximum atomic E-state index is 14.1. The summed E-state index contributed by atoms with van der Waals surface area (Å²) in [4.78, 5) is 49.6. The second kappa shape index (κ2) is 11.4. The van der Waals surface area contributed by atoms with Crippen LogP contribution in [-0.2, 0) is 28.7 Å². The SMILES string of the molecule is CC(C)(C)N(C(=O)O)[C@@H](CC(=O)N1CCc2c(nc(-c3ccccc3)nc2C(F)(F)F)C1)CN1CC(F)(F)CCC1=O. The first kappa shape index (κ1) is 31.1. The second-order valence-corrected chi connectivity index (χ2v) is 11.6. The lowest BCUT2D eigenvalue weighted by Crippen LogP contribution is -2.58. The van der Waals surface area contributed by atoms with Crippen LogP contribution in [0.15, 0.2) is 30.3 Å². The van der Waals surface area contributed by atoms with Gasteiger partial charge in [-0.15, -0.1) is 0 Å². The van der Waals surface area contributed by atoms with Crippen molar-refractivity contribution in [1.82, 2.24) is 24.7 Å². The smallest absolute Gasteiger partial charge is 0.433 e. The number of benzene rings is 1. The van der Waals surface area contributed by atoms with Crippen LogP contribution in [0, 0.1) is 0 Å². The van der Waals surface area contributed by atoms with Crippen LogP contribution in [0.4, 0.5) is 26.7 Å². The Hall–Kier alpha value is -3.84. The lowest BCUT2D eigenvalue weighted by atomic mass is 9.98. The maximum Gasteiger partial charge on any atom is 0.433 e. The van der Waals surface area contributed by atoms with Gasteiger partial charge in [0.2, 0.25) is 11.8 Å². The average Bonchev–Trinajstić information content (AvgIpc) is 2.88. The van der Waals surface area contributed by atoms with Gasteiger partial charge in [-0.2, -0.15) is 13.2 Å². The first-order valence-electron chi connectivity index (χ1n) is 13.4. The lowest BCUT2D eigenvalue weighted by Gasteiger charge is -2.43. The van der Waals surface area contributed by atoms with Crippen molar-refractivity contribution >= 4 is 17.9 Å². The molecule has 42 heavy (non-hydrogen) atoms. The Morgan fingerprint density at radius 3 is 2.36 bits per heavy atom. The summed E-state index contributed by atoms with van der Waals surface area (Å²) in [5.74, 6) is -4.48. The summed E-state index contributed by atoms with van der Waals surface area (Å²) in [5, 5.41) is 10.0. The number of aromatic nitrogens is 2. The molecule has 1 aromatic heterocycles. The topological polar surface area (TPSA) is 107 Å². The molecule has 0 spiro atoms. The maximum absolute atomic E-state index is 14.1. The van der Waals surface area contributed by atoms with Crippen LogP contribution < -0.4 is 0 Å². The Kier molecular flexibility index (Phi) is 8.47. The molecule has 2 aliphatic rings. The number of fused-ring (bicyclic) bond motifs is 1. The Bertz CT molecular complexity index is 1350. The fourth-order valence-electron chi connectivity index (χ4n) is 5.47. The number of carbonyl (C=O) groups excluding carboxylic acids is 2. The summed E-state index contributed by atoms with van der Waals surface area (Å²) in [6.45, 7) is 2.99.